The molecule has 114 valence electrons. The smallest absolute Gasteiger partial charge is 0.242 e. The molecular weight excluding hydrogens is 288 g/mol. The van der Waals surface area contributed by atoms with Crippen LogP contribution in [0.4, 0.5) is 5.69 Å². The van der Waals surface area contributed by atoms with E-state index in [1.165, 1.54) is 13.1 Å². The average Bonchev–Trinajstić information content (AvgIpc) is 2.73. The lowest BCUT2D eigenvalue weighted by Gasteiger charge is -2.12. The van der Waals surface area contributed by atoms with Crippen molar-refractivity contribution in [1.29, 1.82) is 0 Å². The first-order valence-electron chi connectivity index (χ1n) is 6.70. The number of nitrogens with two attached hydrogens (primary N) is 1. The fraction of sp³-hybridized carbons (Fsp3) is 0.357. The van der Waals surface area contributed by atoms with E-state index in [2.05, 4.69) is 16.7 Å². The fourth-order valence-corrected chi connectivity index (χ4v) is 3.39. The SMILES string of the molecule is CCc1c(C)nn(-c2ccc(N)cc2S(=O)(=O)NC)c1C. The number of nitrogen functional groups attached to an aromatic ring is 1. The third-order valence-corrected chi connectivity index (χ3v) is 5.01. The first kappa shape index (κ1) is 15.5. The maximum atomic E-state index is 12.2. The first-order chi connectivity index (χ1) is 9.81. The fourth-order valence-electron chi connectivity index (χ4n) is 2.45. The number of sulfonamides is 1. The molecule has 0 saturated carbocycles. The van der Waals surface area contributed by atoms with Crippen molar-refractivity contribution < 1.29 is 8.42 Å². The standard InChI is InChI=1S/C14H20N4O2S/c1-5-12-9(2)17-18(10(12)3)13-7-6-11(15)8-14(13)21(19,20)16-4/h6-8,16H,5,15H2,1-4H3. The molecule has 2 rings (SSSR count). The summed E-state index contributed by atoms with van der Waals surface area (Å²) >= 11 is 0. The van der Waals surface area contributed by atoms with Crippen molar-refractivity contribution in [3.63, 3.8) is 0 Å². The quantitative estimate of drug-likeness (QED) is 0.838. The molecule has 0 radical (unpaired) electrons. The lowest BCUT2D eigenvalue weighted by Crippen LogP contribution is -2.21. The van der Waals surface area contributed by atoms with Crippen molar-refractivity contribution in [2.45, 2.75) is 32.1 Å². The number of aryl methyl sites for hydroxylation is 1. The maximum Gasteiger partial charge on any atom is 0.242 e. The van der Waals surface area contributed by atoms with Crippen molar-refractivity contribution in [1.82, 2.24) is 14.5 Å². The number of anilines is 1. The van der Waals surface area contributed by atoms with E-state index in [4.69, 9.17) is 5.73 Å². The number of rotatable bonds is 4. The molecule has 0 aliphatic rings. The lowest BCUT2D eigenvalue weighted by molar-refractivity contribution is 0.587. The minimum Gasteiger partial charge on any atom is -0.399 e. The molecule has 0 saturated heterocycles. The van der Waals surface area contributed by atoms with Crippen LogP contribution >= 0.6 is 0 Å². The van der Waals surface area contributed by atoms with Crippen LogP contribution in [-0.4, -0.2) is 25.2 Å². The number of hydrogen-bond donors (Lipinski definition) is 2. The van der Waals surface area contributed by atoms with Crippen molar-refractivity contribution in [3.05, 3.63) is 35.2 Å². The third kappa shape index (κ3) is 2.66. The lowest BCUT2D eigenvalue weighted by atomic mass is 10.1. The van der Waals surface area contributed by atoms with Crippen molar-refractivity contribution in [2.24, 2.45) is 0 Å². The predicted octanol–water partition coefficient (Wildman–Crippen LogP) is 1.54. The summed E-state index contributed by atoms with van der Waals surface area (Å²) in [6.07, 6.45) is 0.848. The van der Waals surface area contributed by atoms with Gasteiger partial charge in [-0.3, -0.25) is 0 Å². The Kier molecular flexibility index (Phi) is 4.06. The molecule has 0 amide bonds. The molecule has 6 nitrogen and oxygen atoms in total. The van der Waals surface area contributed by atoms with Gasteiger partial charge in [0.25, 0.3) is 0 Å². The van der Waals surface area contributed by atoms with Gasteiger partial charge < -0.3 is 5.73 Å². The zero-order valence-electron chi connectivity index (χ0n) is 12.6. The maximum absolute atomic E-state index is 12.2. The van der Waals surface area contributed by atoms with Crippen LogP contribution in [0.2, 0.25) is 0 Å². The van der Waals surface area contributed by atoms with Gasteiger partial charge >= 0.3 is 0 Å². The summed E-state index contributed by atoms with van der Waals surface area (Å²) < 4.78 is 28.4. The highest BCUT2D eigenvalue weighted by molar-refractivity contribution is 7.89. The molecule has 1 aromatic heterocycles. The van der Waals surface area contributed by atoms with Gasteiger partial charge in [0, 0.05) is 11.4 Å². The number of benzene rings is 1. The normalized spacial score (nSPS) is 11.8. The zero-order chi connectivity index (χ0) is 15.8. The minimum absolute atomic E-state index is 0.123. The van der Waals surface area contributed by atoms with Gasteiger partial charge in [-0.05, 0) is 51.1 Å². The highest BCUT2D eigenvalue weighted by Gasteiger charge is 2.21. The van der Waals surface area contributed by atoms with Gasteiger partial charge in [-0.2, -0.15) is 5.10 Å². The molecule has 7 heteroatoms. The Balaban J connectivity index is 2.77. The molecule has 0 fully saturated rings. The second-order valence-electron chi connectivity index (χ2n) is 4.85. The summed E-state index contributed by atoms with van der Waals surface area (Å²) in [4.78, 5) is 0.123. The summed E-state index contributed by atoms with van der Waals surface area (Å²) in [6, 6.07) is 4.80. The van der Waals surface area contributed by atoms with Crippen LogP contribution in [-0.2, 0) is 16.4 Å². The van der Waals surface area contributed by atoms with E-state index >= 15 is 0 Å². The van der Waals surface area contributed by atoms with Crippen LogP contribution in [0.1, 0.15) is 23.9 Å². The van der Waals surface area contributed by atoms with E-state index in [0.717, 1.165) is 23.4 Å². The number of nitrogens with zero attached hydrogens (tertiary/aromatic N) is 2. The third-order valence-electron chi connectivity index (χ3n) is 3.57. The summed E-state index contributed by atoms with van der Waals surface area (Å²) in [7, 11) is -2.24. The molecule has 1 heterocycles. The van der Waals surface area contributed by atoms with E-state index in [-0.39, 0.29) is 4.90 Å². The highest BCUT2D eigenvalue weighted by Crippen LogP contribution is 2.25. The van der Waals surface area contributed by atoms with Crippen LogP contribution in [0, 0.1) is 13.8 Å². The highest BCUT2D eigenvalue weighted by atomic mass is 32.2. The van der Waals surface area contributed by atoms with Crippen LogP contribution in [0.3, 0.4) is 0 Å². The molecule has 3 N–H and O–H groups in total. The minimum atomic E-state index is -3.62. The molecule has 21 heavy (non-hydrogen) atoms. The monoisotopic (exact) mass is 308 g/mol. The average molecular weight is 308 g/mol. The number of aromatic nitrogens is 2. The van der Waals surface area contributed by atoms with Gasteiger partial charge in [0.2, 0.25) is 10.0 Å². The largest absolute Gasteiger partial charge is 0.399 e. The van der Waals surface area contributed by atoms with Crippen LogP contribution < -0.4 is 10.5 Å². The second kappa shape index (κ2) is 5.50. The molecule has 0 aliphatic heterocycles. The van der Waals surface area contributed by atoms with Crippen LogP contribution in [0.15, 0.2) is 23.1 Å². The van der Waals surface area contributed by atoms with E-state index < -0.39 is 10.0 Å². The van der Waals surface area contributed by atoms with E-state index in [0.29, 0.717) is 11.4 Å². The second-order valence-corrected chi connectivity index (χ2v) is 6.70. The van der Waals surface area contributed by atoms with Crippen molar-refractivity contribution in [2.75, 3.05) is 12.8 Å². The van der Waals surface area contributed by atoms with E-state index in [1.54, 1.807) is 16.8 Å². The Morgan fingerprint density at radius 1 is 1.33 bits per heavy atom. The van der Waals surface area contributed by atoms with Gasteiger partial charge in [0.15, 0.2) is 0 Å². The Bertz CT molecular complexity index is 779. The summed E-state index contributed by atoms with van der Waals surface area (Å²) in [5.74, 6) is 0. The molecule has 1 aromatic carbocycles. The van der Waals surface area contributed by atoms with Crippen LogP contribution in [0.5, 0.6) is 0 Å². The van der Waals surface area contributed by atoms with Crippen molar-refractivity contribution in [3.8, 4) is 5.69 Å². The van der Waals surface area contributed by atoms with Crippen LogP contribution in [0.25, 0.3) is 5.69 Å². The summed E-state index contributed by atoms with van der Waals surface area (Å²) in [5, 5.41) is 4.47. The van der Waals surface area contributed by atoms with Crippen molar-refractivity contribution >= 4 is 15.7 Å². The summed E-state index contributed by atoms with van der Waals surface area (Å²) in [6.45, 7) is 5.91. The molecule has 0 unspecified atom stereocenters. The molecule has 0 bridgehead atoms. The Morgan fingerprint density at radius 3 is 2.52 bits per heavy atom. The van der Waals surface area contributed by atoms with Gasteiger partial charge in [-0.25, -0.2) is 17.8 Å². The first-order valence-corrected chi connectivity index (χ1v) is 8.18. The topological polar surface area (TPSA) is 90.0 Å². The molecule has 0 atom stereocenters. The van der Waals surface area contributed by atoms with Gasteiger partial charge in [0.1, 0.15) is 4.90 Å². The Hall–Kier alpha value is -1.86. The Labute approximate surface area is 125 Å². The Morgan fingerprint density at radius 2 is 2.00 bits per heavy atom. The summed E-state index contributed by atoms with van der Waals surface area (Å²) in [5.41, 5.74) is 9.59. The number of hydrogen-bond acceptors (Lipinski definition) is 4. The number of nitrogens with one attached hydrogen (secondary N) is 1. The van der Waals surface area contributed by atoms with Gasteiger partial charge in [0.05, 0.1) is 11.4 Å². The molecule has 0 aliphatic carbocycles. The predicted molar refractivity (Wildman–Crippen MR) is 83.1 cm³/mol. The van der Waals surface area contributed by atoms with E-state index in [9.17, 15) is 8.42 Å². The molecule has 0 spiro atoms. The van der Waals surface area contributed by atoms with Gasteiger partial charge in [-0.15, -0.1) is 0 Å². The van der Waals surface area contributed by atoms with E-state index in [1.807, 2.05) is 13.8 Å². The molecular formula is C14H20N4O2S. The zero-order valence-corrected chi connectivity index (χ0v) is 13.5. The molecule has 2 aromatic rings. The van der Waals surface area contributed by atoms with Gasteiger partial charge in [-0.1, -0.05) is 6.92 Å².